The predicted octanol–water partition coefficient (Wildman–Crippen LogP) is 0.576. The van der Waals surface area contributed by atoms with Crippen molar-refractivity contribution in [1.82, 2.24) is 4.90 Å². The molecule has 0 aliphatic carbocycles. The average Bonchev–Trinajstić information content (AvgIpc) is 2.59. The van der Waals surface area contributed by atoms with Crippen LogP contribution in [0, 0.1) is 0 Å². The van der Waals surface area contributed by atoms with Crippen LogP contribution in [0.1, 0.15) is 12.0 Å². The van der Waals surface area contributed by atoms with Crippen molar-refractivity contribution in [3.05, 3.63) is 23.8 Å². The summed E-state index contributed by atoms with van der Waals surface area (Å²) in [5.41, 5.74) is 6.69. The first-order valence-electron chi connectivity index (χ1n) is 7.74. The molecule has 22 heavy (non-hydrogen) atoms. The molecule has 1 unspecified atom stereocenters. The third-order valence-corrected chi connectivity index (χ3v) is 3.99. The van der Waals surface area contributed by atoms with Crippen LogP contribution in [0.5, 0.6) is 11.5 Å². The Morgan fingerprint density at radius 3 is 2.86 bits per heavy atom. The van der Waals surface area contributed by atoms with Gasteiger partial charge in [0, 0.05) is 26.1 Å². The molecule has 1 aromatic carbocycles. The SMILES string of the molecule is NCC1CN(C(=O)CCc2ccc3c(c2)OCCO3)CCO1. The van der Waals surface area contributed by atoms with Crippen LogP contribution in [-0.4, -0.2) is 56.4 Å². The van der Waals surface area contributed by atoms with Crippen molar-refractivity contribution in [2.45, 2.75) is 18.9 Å². The number of benzene rings is 1. The summed E-state index contributed by atoms with van der Waals surface area (Å²) in [5.74, 6) is 1.70. The van der Waals surface area contributed by atoms with Crippen molar-refractivity contribution in [2.75, 3.05) is 39.5 Å². The fourth-order valence-corrected chi connectivity index (χ4v) is 2.74. The Balaban J connectivity index is 1.54. The molecule has 0 radical (unpaired) electrons. The van der Waals surface area contributed by atoms with E-state index in [-0.39, 0.29) is 12.0 Å². The maximum atomic E-state index is 12.3. The van der Waals surface area contributed by atoms with Crippen LogP contribution in [0.4, 0.5) is 0 Å². The minimum Gasteiger partial charge on any atom is -0.486 e. The number of hydrogen-bond acceptors (Lipinski definition) is 5. The molecule has 0 aromatic heterocycles. The zero-order chi connectivity index (χ0) is 15.4. The maximum absolute atomic E-state index is 12.3. The molecule has 2 N–H and O–H groups in total. The van der Waals surface area contributed by atoms with Gasteiger partial charge in [-0.1, -0.05) is 6.07 Å². The third-order valence-electron chi connectivity index (χ3n) is 3.99. The Morgan fingerprint density at radius 2 is 2.05 bits per heavy atom. The summed E-state index contributed by atoms with van der Waals surface area (Å²) in [5, 5.41) is 0. The minimum absolute atomic E-state index is 0.0352. The van der Waals surface area contributed by atoms with Crippen molar-refractivity contribution in [3.63, 3.8) is 0 Å². The van der Waals surface area contributed by atoms with Gasteiger partial charge in [-0.25, -0.2) is 0 Å². The van der Waals surface area contributed by atoms with E-state index in [4.69, 9.17) is 19.9 Å². The average molecular weight is 306 g/mol. The molecule has 1 saturated heterocycles. The largest absolute Gasteiger partial charge is 0.486 e. The standard InChI is InChI=1S/C16H22N2O4/c17-10-13-11-18(5-6-20-13)16(19)4-2-12-1-3-14-15(9-12)22-8-7-21-14/h1,3,9,13H,2,4-8,10-11,17H2. The van der Waals surface area contributed by atoms with Crippen LogP contribution in [0.3, 0.4) is 0 Å². The van der Waals surface area contributed by atoms with Gasteiger partial charge in [-0.15, -0.1) is 0 Å². The van der Waals surface area contributed by atoms with Gasteiger partial charge in [0.2, 0.25) is 5.91 Å². The molecular formula is C16H22N2O4. The van der Waals surface area contributed by atoms with Crippen LogP contribution < -0.4 is 15.2 Å². The summed E-state index contributed by atoms with van der Waals surface area (Å²) in [6, 6.07) is 5.86. The van der Waals surface area contributed by atoms with E-state index in [1.165, 1.54) is 0 Å². The first-order chi connectivity index (χ1) is 10.8. The number of amides is 1. The lowest BCUT2D eigenvalue weighted by Crippen LogP contribution is -2.48. The van der Waals surface area contributed by atoms with Crippen LogP contribution in [0.2, 0.25) is 0 Å². The van der Waals surface area contributed by atoms with Crippen molar-refractivity contribution in [1.29, 1.82) is 0 Å². The van der Waals surface area contributed by atoms with Crippen molar-refractivity contribution >= 4 is 5.91 Å². The second kappa shape index (κ2) is 6.98. The molecule has 1 atom stereocenters. The quantitative estimate of drug-likeness (QED) is 0.880. The molecule has 2 aliphatic heterocycles. The summed E-state index contributed by atoms with van der Waals surface area (Å²) >= 11 is 0. The van der Waals surface area contributed by atoms with Gasteiger partial charge in [-0.2, -0.15) is 0 Å². The van der Waals surface area contributed by atoms with E-state index >= 15 is 0 Å². The van der Waals surface area contributed by atoms with Gasteiger partial charge in [0.05, 0.1) is 12.7 Å². The highest BCUT2D eigenvalue weighted by molar-refractivity contribution is 5.76. The maximum Gasteiger partial charge on any atom is 0.223 e. The molecule has 1 amide bonds. The van der Waals surface area contributed by atoms with Gasteiger partial charge < -0.3 is 24.8 Å². The molecule has 0 spiro atoms. The molecule has 1 fully saturated rings. The van der Waals surface area contributed by atoms with Crippen LogP contribution in [0.25, 0.3) is 0 Å². The summed E-state index contributed by atoms with van der Waals surface area (Å²) in [7, 11) is 0. The third kappa shape index (κ3) is 3.51. The molecule has 0 bridgehead atoms. The molecule has 0 saturated carbocycles. The van der Waals surface area contributed by atoms with E-state index in [0.717, 1.165) is 17.1 Å². The molecular weight excluding hydrogens is 284 g/mol. The number of carbonyl (C=O) groups excluding carboxylic acids is 1. The second-order valence-corrected chi connectivity index (χ2v) is 5.55. The number of morpholine rings is 1. The number of rotatable bonds is 4. The smallest absolute Gasteiger partial charge is 0.223 e. The number of ether oxygens (including phenoxy) is 3. The number of hydrogen-bond donors (Lipinski definition) is 1. The Kier molecular flexibility index (Phi) is 4.80. The fraction of sp³-hybridized carbons (Fsp3) is 0.562. The second-order valence-electron chi connectivity index (χ2n) is 5.55. The highest BCUT2D eigenvalue weighted by atomic mass is 16.6. The number of nitrogens with two attached hydrogens (primary N) is 1. The lowest BCUT2D eigenvalue weighted by Gasteiger charge is -2.32. The first kappa shape index (κ1) is 15.1. The first-order valence-corrected chi connectivity index (χ1v) is 7.74. The molecule has 2 aliphatic rings. The number of fused-ring (bicyclic) bond motifs is 1. The van der Waals surface area contributed by atoms with Crippen LogP contribution in [-0.2, 0) is 16.0 Å². The van der Waals surface area contributed by atoms with Gasteiger partial charge >= 0.3 is 0 Å². The minimum atomic E-state index is -0.0352. The van der Waals surface area contributed by atoms with Crippen molar-refractivity contribution < 1.29 is 19.0 Å². The lowest BCUT2D eigenvalue weighted by atomic mass is 10.1. The highest BCUT2D eigenvalue weighted by Crippen LogP contribution is 2.31. The van der Waals surface area contributed by atoms with E-state index in [0.29, 0.717) is 52.3 Å². The topological polar surface area (TPSA) is 74.0 Å². The fourth-order valence-electron chi connectivity index (χ4n) is 2.74. The summed E-state index contributed by atoms with van der Waals surface area (Å²) < 4.78 is 16.5. The Hall–Kier alpha value is -1.79. The van der Waals surface area contributed by atoms with Crippen molar-refractivity contribution in [3.8, 4) is 11.5 Å². The summed E-state index contributed by atoms with van der Waals surface area (Å²) in [6.45, 7) is 3.42. The van der Waals surface area contributed by atoms with Gasteiger partial charge in [0.25, 0.3) is 0 Å². The number of nitrogens with zero attached hydrogens (tertiary/aromatic N) is 1. The Labute approximate surface area is 130 Å². The van der Waals surface area contributed by atoms with E-state index < -0.39 is 0 Å². The van der Waals surface area contributed by atoms with E-state index in [1.54, 1.807) is 0 Å². The Bertz CT molecular complexity index is 535. The number of carbonyl (C=O) groups is 1. The molecule has 6 nitrogen and oxygen atoms in total. The summed E-state index contributed by atoms with van der Waals surface area (Å²) in [4.78, 5) is 14.1. The molecule has 2 heterocycles. The van der Waals surface area contributed by atoms with E-state index in [9.17, 15) is 4.79 Å². The lowest BCUT2D eigenvalue weighted by molar-refractivity contribution is -0.138. The zero-order valence-electron chi connectivity index (χ0n) is 12.6. The predicted molar refractivity (Wildman–Crippen MR) is 81.1 cm³/mol. The zero-order valence-corrected chi connectivity index (χ0v) is 12.6. The van der Waals surface area contributed by atoms with Gasteiger partial charge in [-0.05, 0) is 24.1 Å². The van der Waals surface area contributed by atoms with Crippen LogP contribution in [0.15, 0.2) is 18.2 Å². The van der Waals surface area contributed by atoms with Gasteiger partial charge in [0.1, 0.15) is 13.2 Å². The molecule has 1 aromatic rings. The van der Waals surface area contributed by atoms with Crippen molar-refractivity contribution in [2.24, 2.45) is 5.73 Å². The van der Waals surface area contributed by atoms with Gasteiger partial charge in [0.15, 0.2) is 11.5 Å². The highest BCUT2D eigenvalue weighted by Gasteiger charge is 2.23. The normalized spacial score (nSPS) is 20.8. The van der Waals surface area contributed by atoms with Gasteiger partial charge in [-0.3, -0.25) is 4.79 Å². The Morgan fingerprint density at radius 1 is 1.23 bits per heavy atom. The molecule has 6 heteroatoms. The number of aryl methyl sites for hydroxylation is 1. The van der Waals surface area contributed by atoms with E-state index in [1.807, 2.05) is 23.1 Å². The monoisotopic (exact) mass is 306 g/mol. The van der Waals surface area contributed by atoms with E-state index in [2.05, 4.69) is 0 Å². The molecule has 3 rings (SSSR count). The molecule has 120 valence electrons. The summed E-state index contributed by atoms with van der Waals surface area (Å²) in [6.07, 6.45) is 1.14. The van der Waals surface area contributed by atoms with Crippen LogP contribution >= 0.6 is 0 Å².